The summed E-state index contributed by atoms with van der Waals surface area (Å²) >= 11 is 0. The second-order valence-electron chi connectivity index (χ2n) is 5.07. The highest BCUT2D eigenvalue weighted by Gasteiger charge is 2.20. The van der Waals surface area contributed by atoms with Gasteiger partial charge in [-0.25, -0.2) is 0 Å². The summed E-state index contributed by atoms with van der Waals surface area (Å²) in [4.78, 5) is 0. The lowest BCUT2D eigenvalue weighted by atomic mass is 9.93. The molecule has 1 aromatic rings. The van der Waals surface area contributed by atoms with Gasteiger partial charge in [-0.2, -0.15) is 0 Å². The van der Waals surface area contributed by atoms with Crippen LogP contribution >= 0.6 is 0 Å². The molecular weight excluding hydrogens is 226 g/mol. The average molecular weight is 251 g/mol. The number of hydrogen-bond donors (Lipinski definition) is 2. The molecule has 0 saturated heterocycles. The largest absolute Gasteiger partial charge is 0.494 e. The molecule has 3 heteroatoms. The summed E-state index contributed by atoms with van der Waals surface area (Å²) in [6.45, 7) is 6.84. The van der Waals surface area contributed by atoms with E-state index in [1.165, 1.54) is 11.1 Å². The maximum atomic E-state index is 9.20. The van der Waals surface area contributed by atoms with Crippen LogP contribution in [0.5, 0.6) is 5.75 Å². The van der Waals surface area contributed by atoms with E-state index in [0.29, 0.717) is 6.61 Å². The lowest BCUT2D eigenvalue weighted by Gasteiger charge is -2.25. The van der Waals surface area contributed by atoms with Gasteiger partial charge in [0, 0.05) is 5.54 Å². The van der Waals surface area contributed by atoms with Crippen LogP contribution < -0.4 is 10.5 Å². The Morgan fingerprint density at radius 1 is 1.28 bits per heavy atom. The summed E-state index contributed by atoms with van der Waals surface area (Å²) in [6, 6.07) is 6.11. The Kier molecular flexibility index (Phi) is 5.63. The fourth-order valence-corrected chi connectivity index (χ4v) is 1.79. The molecule has 18 heavy (non-hydrogen) atoms. The molecule has 0 bridgehead atoms. The van der Waals surface area contributed by atoms with Crippen molar-refractivity contribution in [2.24, 2.45) is 5.73 Å². The molecule has 102 valence electrons. The van der Waals surface area contributed by atoms with Crippen LogP contribution in [0.2, 0.25) is 0 Å². The molecule has 0 aliphatic carbocycles. The van der Waals surface area contributed by atoms with Gasteiger partial charge in [-0.3, -0.25) is 0 Å². The number of aliphatic hydroxyl groups is 1. The van der Waals surface area contributed by atoms with Crippen molar-refractivity contribution < 1.29 is 9.84 Å². The minimum Gasteiger partial charge on any atom is -0.494 e. The van der Waals surface area contributed by atoms with Gasteiger partial charge in [0.15, 0.2) is 0 Å². The van der Waals surface area contributed by atoms with Crippen molar-refractivity contribution in [2.45, 2.75) is 45.6 Å². The van der Waals surface area contributed by atoms with Crippen LogP contribution in [0.25, 0.3) is 0 Å². The second kappa shape index (κ2) is 6.76. The molecule has 0 saturated carbocycles. The van der Waals surface area contributed by atoms with Crippen molar-refractivity contribution in [2.75, 3.05) is 13.2 Å². The number of nitrogens with two attached hydrogens (primary N) is 1. The minimum atomic E-state index is -0.452. The van der Waals surface area contributed by atoms with E-state index in [2.05, 4.69) is 26.0 Å². The molecule has 0 radical (unpaired) electrons. The number of aliphatic hydroxyl groups excluding tert-OH is 1. The number of rotatable bonds is 7. The van der Waals surface area contributed by atoms with Crippen LogP contribution in [-0.2, 0) is 0 Å². The quantitative estimate of drug-likeness (QED) is 0.732. The predicted molar refractivity (Wildman–Crippen MR) is 74.9 cm³/mol. The first-order valence-corrected chi connectivity index (χ1v) is 6.60. The Morgan fingerprint density at radius 2 is 2.00 bits per heavy atom. The molecule has 3 nitrogen and oxygen atoms in total. The topological polar surface area (TPSA) is 55.5 Å². The maximum absolute atomic E-state index is 9.20. The number of benzene rings is 1. The van der Waals surface area contributed by atoms with E-state index in [9.17, 15) is 5.11 Å². The fraction of sp³-hybridized carbons (Fsp3) is 0.600. The molecule has 1 rings (SSSR count). The van der Waals surface area contributed by atoms with Gasteiger partial charge in [0.1, 0.15) is 5.75 Å². The van der Waals surface area contributed by atoms with Gasteiger partial charge >= 0.3 is 0 Å². The van der Waals surface area contributed by atoms with Crippen molar-refractivity contribution in [1.29, 1.82) is 0 Å². The first-order valence-electron chi connectivity index (χ1n) is 6.60. The molecule has 0 aliphatic rings. The molecule has 1 unspecified atom stereocenters. The summed E-state index contributed by atoms with van der Waals surface area (Å²) in [6.07, 6.45) is 2.43. The van der Waals surface area contributed by atoms with Crippen molar-refractivity contribution in [3.8, 4) is 5.75 Å². The van der Waals surface area contributed by atoms with E-state index < -0.39 is 5.54 Å². The summed E-state index contributed by atoms with van der Waals surface area (Å²) in [5.74, 6) is 0.904. The third kappa shape index (κ3) is 4.31. The van der Waals surface area contributed by atoms with Gasteiger partial charge in [-0.05, 0) is 56.4 Å². The molecule has 1 atom stereocenters. The van der Waals surface area contributed by atoms with Gasteiger partial charge in [-0.15, -0.1) is 0 Å². The molecule has 0 heterocycles. The van der Waals surface area contributed by atoms with E-state index in [-0.39, 0.29) is 6.61 Å². The third-order valence-electron chi connectivity index (χ3n) is 3.59. The molecule has 0 amide bonds. The van der Waals surface area contributed by atoms with Crippen LogP contribution in [0.1, 0.15) is 37.3 Å². The molecule has 1 aromatic carbocycles. The van der Waals surface area contributed by atoms with E-state index in [0.717, 1.165) is 25.0 Å². The molecule has 0 aliphatic heterocycles. The highest BCUT2D eigenvalue weighted by atomic mass is 16.5. The van der Waals surface area contributed by atoms with E-state index >= 15 is 0 Å². The Labute approximate surface area is 110 Å². The van der Waals surface area contributed by atoms with Gasteiger partial charge in [0.2, 0.25) is 0 Å². The Hall–Kier alpha value is -1.06. The average Bonchev–Trinajstić information content (AvgIpc) is 2.38. The third-order valence-corrected chi connectivity index (χ3v) is 3.59. The Balaban J connectivity index is 2.36. The van der Waals surface area contributed by atoms with Crippen LogP contribution in [0, 0.1) is 13.8 Å². The second-order valence-corrected chi connectivity index (χ2v) is 5.07. The van der Waals surface area contributed by atoms with E-state index in [1.54, 1.807) is 0 Å². The number of hydrogen-bond acceptors (Lipinski definition) is 3. The maximum Gasteiger partial charge on any atom is 0.119 e. The van der Waals surface area contributed by atoms with Crippen molar-refractivity contribution in [1.82, 2.24) is 0 Å². The minimum absolute atomic E-state index is 0.0349. The normalized spacial score (nSPS) is 14.3. The van der Waals surface area contributed by atoms with Gasteiger partial charge in [0.25, 0.3) is 0 Å². The molecule has 3 N–H and O–H groups in total. The zero-order valence-electron chi connectivity index (χ0n) is 11.7. The first-order chi connectivity index (χ1) is 8.50. The van der Waals surface area contributed by atoms with Gasteiger partial charge in [0.05, 0.1) is 13.2 Å². The molecule has 0 spiro atoms. The summed E-state index contributed by atoms with van der Waals surface area (Å²) in [5.41, 5.74) is 8.08. The highest BCUT2D eigenvalue weighted by molar-refractivity contribution is 5.33. The lowest BCUT2D eigenvalue weighted by Crippen LogP contribution is -2.43. The summed E-state index contributed by atoms with van der Waals surface area (Å²) < 4.78 is 5.69. The zero-order chi connectivity index (χ0) is 13.6. The van der Waals surface area contributed by atoms with Crippen LogP contribution in [0.3, 0.4) is 0 Å². The van der Waals surface area contributed by atoms with Crippen molar-refractivity contribution in [3.05, 3.63) is 29.3 Å². The number of ether oxygens (including phenoxy) is 1. The van der Waals surface area contributed by atoms with Gasteiger partial charge in [-0.1, -0.05) is 13.0 Å². The monoisotopic (exact) mass is 251 g/mol. The Bertz CT molecular complexity index is 373. The zero-order valence-corrected chi connectivity index (χ0v) is 11.7. The first kappa shape index (κ1) is 15.0. The standard InChI is InChI=1S/C15H25NO2/c1-4-15(16,11-17)8-5-9-18-14-7-6-12(2)13(3)10-14/h6-7,10,17H,4-5,8-9,11,16H2,1-3H3. The highest BCUT2D eigenvalue weighted by Crippen LogP contribution is 2.18. The van der Waals surface area contributed by atoms with Crippen molar-refractivity contribution in [3.63, 3.8) is 0 Å². The summed E-state index contributed by atoms with van der Waals surface area (Å²) in [7, 11) is 0. The smallest absolute Gasteiger partial charge is 0.119 e. The Morgan fingerprint density at radius 3 is 2.56 bits per heavy atom. The predicted octanol–water partition coefficient (Wildman–Crippen LogP) is 2.56. The fourth-order valence-electron chi connectivity index (χ4n) is 1.79. The SMILES string of the molecule is CCC(N)(CO)CCCOc1ccc(C)c(C)c1. The van der Waals surface area contributed by atoms with E-state index in [4.69, 9.17) is 10.5 Å². The van der Waals surface area contributed by atoms with Crippen LogP contribution in [0.15, 0.2) is 18.2 Å². The van der Waals surface area contributed by atoms with Gasteiger partial charge < -0.3 is 15.6 Å². The lowest BCUT2D eigenvalue weighted by molar-refractivity contribution is 0.171. The van der Waals surface area contributed by atoms with E-state index in [1.807, 2.05) is 13.0 Å². The van der Waals surface area contributed by atoms with Crippen molar-refractivity contribution >= 4 is 0 Å². The molecule has 0 aromatic heterocycles. The summed E-state index contributed by atoms with van der Waals surface area (Å²) in [5, 5.41) is 9.20. The molecular formula is C15H25NO2. The van der Waals surface area contributed by atoms with Crippen LogP contribution in [-0.4, -0.2) is 23.9 Å². The van der Waals surface area contributed by atoms with Crippen LogP contribution in [0.4, 0.5) is 0 Å². The number of aryl methyl sites for hydroxylation is 2. The molecule has 0 fully saturated rings.